The Morgan fingerprint density at radius 1 is 0.667 bits per heavy atom. The Morgan fingerprint density at radius 2 is 1.38 bits per heavy atom. The van der Waals surface area contributed by atoms with Gasteiger partial charge in [0.2, 0.25) is 0 Å². The van der Waals surface area contributed by atoms with Crippen LogP contribution in [0.4, 0.5) is 0 Å². The average molecular weight is 313 g/mol. The number of hydrogen-bond donors (Lipinski definition) is 1. The van der Waals surface area contributed by atoms with Gasteiger partial charge in [-0.3, -0.25) is 0 Å². The number of aromatic nitrogens is 1. The first-order valence-corrected chi connectivity index (χ1v) is 8.55. The van der Waals surface area contributed by atoms with E-state index in [1.54, 1.807) is 0 Å². The van der Waals surface area contributed by atoms with E-state index in [1.807, 2.05) is 0 Å². The third-order valence-corrected chi connectivity index (χ3v) is 4.84. The summed E-state index contributed by atoms with van der Waals surface area (Å²) in [7, 11) is 0. The fourth-order valence-electron chi connectivity index (χ4n) is 3.36. The van der Waals surface area contributed by atoms with Crippen LogP contribution in [-0.4, -0.2) is 4.98 Å². The van der Waals surface area contributed by atoms with Gasteiger partial charge in [-0.1, -0.05) is 68.8 Å². The van der Waals surface area contributed by atoms with Gasteiger partial charge in [0.05, 0.1) is 0 Å². The molecule has 4 rings (SSSR count). The molecule has 0 aliphatic rings. The van der Waals surface area contributed by atoms with Crippen molar-refractivity contribution in [3.05, 3.63) is 71.8 Å². The van der Waals surface area contributed by atoms with Crippen LogP contribution in [0.2, 0.25) is 0 Å². The topological polar surface area (TPSA) is 15.8 Å². The van der Waals surface area contributed by atoms with E-state index in [0.29, 0.717) is 0 Å². The third-order valence-electron chi connectivity index (χ3n) is 4.84. The molecule has 0 saturated carbocycles. The molecular formula is C23H23N. The second kappa shape index (κ2) is 5.24. The molecule has 0 atom stereocenters. The van der Waals surface area contributed by atoms with Crippen molar-refractivity contribution in [2.75, 3.05) is 0 Å². The van der Waals surface area contributed by atoms with Gasteiger partial charge in [-0.05, 0) is 47.2 Å². The van der Waals surface area contributed by atoms with E-state index in [1.165, 1.54) is 44.1 Å². The molecule has 0 bridgehead atoms. The SMILES string of the molecule is Cc1ccc2[nH]c3cc(-c4ccc(C(C)(C)C)cc4)ccc3c2c1. The highest BCUT2D eigenvalue weighted by atomic mass is 14.7. The Morgan fingerprint density at radius 3 is 2.08 bits per heavy atom. The van der Waals surface area contributed by atoms with Crippen LogP contribution in [-0.2, 0) is 5.41 Å². The summed E-state index contributed by atoms with van der Waals surface area (Å²) in [5, 5.41) is 2.60. The predicted molar refractivity (Wildman–Crippen MR) is 105 cm³/mol. The summed E-state index contributed by atoms with van der Waals surface area (Å²) in [6, 6.07) is 22.3. The van der Waals surface area contributed by atoms with Crippen molar-refractivity contribution in [1.29, 1.82) is 0 Å². The lowest BCUT2D eigenvalue weighted by Gasteiger charge is -2.19. The van der Waals surface area contributed by atoms with Gasteiger partial charge < -0.3 is 4.98 Å². The summed E-state index contributed by atoms with van der Waals surface area (Å²) in [5.41, 5.74) is 7.78. The molecule has 1 N–H and O–H groups in total. The summed E-state index contributed by atoms with van der Waals surface area (Å²) < 4.78 is 0. The molecular weight excluding hydrogens is 290 g/mol. The van der Waals surface area contributed by atoms with Crippen molar-refractivity contribution >= 4 is 21.8 Å². The maximum absolute atomic E-state index is 3.55. The Balaban J connectivity index is 1.81. The summed E-state index contributed by atoms with van der Waals surface area (Å²) in [6.45, 7) is 8.89. The molecule has 1 nitrogen and oxygen atoms in total. The quantitative estimate of drug-likeness (QED) is 0.408. The average Bonchev–Trinajstić information content (AvgIpc) is 2.91. The van der Waals surface area contributed by atoms with Crippen LogP contribution in [0.3, 0.4) is 0 Å². The molecule has 0 amide bonds. The molecule has 0 aliphatic heterocycles. The van der Waals surface area contributed by atoms with Gasteiger partial charge in [0, 0.05) is 21.8 Å². The standard InChI is InChI=1S/C23H23N/c1-15-5-12-21-20(13-15)19-11-8-17(14-22(19)24-21)16-6-9-18(10-7-16)23(2,3)4/h5-14,24H,1-4H3. The molecule has 0 spiro atoms. The van der Waals surface area contributed by atoms with E-state index in [2.05, 4.69) is 93.3 Å². The molecule has 3 aromatic carbocycles. The molecule has 4 aromatic rings. The lowest BCUT2D eigenvalue weighted by molar-refractivity contribution is 0.590. The van der Waals surface area contributed by atoms with Crippen molar-refractivity contribution in [1.82, 2.24) is 4.98 Å². The third kappa shape index (κ3) is 2.50. The molecule has 0 aliphatic carbocycles. The van der Waals surface area contributed by atoms with Crippen molar-refractivity contribution < 1.29 is 0 Å². The number of fused-ring (bicyclic) bond motifs is 3. The summed E-state index contributed by atoms with van der Waals surface area (Å²) in [5.74, 6) is 0. The number of nitrogens with one attached hydrogen (secondary N) is 1. The molecule has 0 fully saturated rings. The van der Waals surface area contributed by atoms with Crippen molar-refractivity contribution in [2.45, 2.75) is 33.1 Å². The second-order valence-electron chi connectivity index (χ2n) is 7.76. The van der Waals surface area contributed by atoms with E-state index in [4.69, 9.17) is 0 Å². The smallest absolute Gasteiger partial charge is 0.0471 e. The minimum Gasteiger partial charge on any atom is -0.354 e. The first-order chi connectivity index (χ1) is 11.4. The van der Waals surface area contributed by atoms with Crippen LogP contribution in [0.5, 0.6) is 0 Å². The fourth-order valence-corrected chi connectivity index (χ4v) is 3.36. The molecule has 1 heteroatoms. The van der Waals surface area contributed by atoms with E-state index in [9.17, 15) is 0 Å². The van der Waals surface area contributed by atoms with Crippen LogP contribution in [0.15, 0.2) is 60.7 Å². The zero-order chi connectivity index (χ0) is 16.9. The van der Waals surface area contributed by atoms with E-state index < -0.39 is 0 Å². The normalized spacial score (nSPS) is 12.2. The van der Waals surface area contributed by atoms with Crippen LogP contribution in [0.1, 0.15) is 31.9 Å². The maximum Gasteiger partial charge on any atom is 0.0471 e. The van der Waals surface area contributed by atoms with Crippen LogP contribution < -0.4 is 0 Å². The van der Waals surface area contributed by atoms with Gasteiger partial charge in [0.15, 0.2) is 0 Å². The van der Waals surface area contributed by atoms with E-state index in [-0.39, 0.29) is 5.41 Å². The van der Waals surface area contributed by atoms with E-state index in [0.717, 1.165) is 0 Å². The Hall–Kier alpha value is -2.54. The first kappa shape index (κ1) is 15.0. The monoisotopic (exact) mass is 313 g/mol. The Kier molecular flexibility index (Phi) is 3.28. The van der Waals surface area contributed by atoms with Crippen molar-refractivity contribution in [3.8, 4) is 11.1 Å². The molecule has 0 unspecified atom stereocenters. The van der Waals surface area contributed by atoms with Crippen LogP contribution >= 0.6 is 0 Å². The van der Waals surface area contributed by atoms with Gasteiger partial charge >= 0.3 is 0 Å². The maximum atomic E-state index is 3.55. The number of rotatable bonds is 1. The summed E-state index contributed by atoms with van der Waals surface area (Å²) >= 11 is 0. The summed E-state index contributed by atoms with van der Waals surface area (Å²) in [4.78, 5) is 3.55. The highest BCUT2D eigenvalue weighted by Gasteiger charge is 2.13. The van der Waals surface area contributed by atoms with Gasteiger partial charge in [-0.25, -0.2) is 0 Å². The van der Waals surface area contributed by atoms with Gasteiger partial charge in [-0.2, -0.15) is 0 Å². The molecule has 1 aromatic heterocycles. The number of aromatic amines is 1. The Labute approximate surface area is 143 Å². The fraction of sp³-hybridized carbons (Fsp3) is 0.217. The zero-order valence-electron chi connectivity index (χ0n) is 14.8. The number of benzene rings is 3. The van der Waals surface area contributed by atoms with Gasteiger partial charge in [0.1, 0.15) is 0 Å². The molecule has 1 heterocycles. The largest absolute Gasteiger partial charge is 0.354 e. The highest BCUT2D eigenvalue weighted by Crippen LogP contribution is 2.31. The van der Waals surface area contributed by atoms with Gasteiger partial charge in [0.25, 0.3) is 0 Å². The molecule has 0 saturated heterocycles. The minimum atomic E-state index is 0.192. The highest BCUT2D eigenvalue weighted by molar-refractivity contribution is 6.08. The Bertz CT molecular complexity index is 1030. The second-order valence-corrected chi connectivity index (χ2v) is 7.76. The van der Waals surface area contributed by atoms with Crippen LogP contribution in [0, 0.1) is 6.92 Å². The lowest BCUT2D eigenvalue weighted by Crippen LogP contribution is -2.10. The molecule has 24 heavy (non-hydrogen) atoms. The van der Waals surface area contributed by atoms with Crippen LogP contribution in [0.25, 0.3) is 32.9 Å². The minimum absolute atomic E-state index is 0.192. The predicted octanol–water partition coefficient (Wildman–Crippen LogP) is 6.59. The van der Waals surface area contributed by atoms with E-state index >= 15 is 0 Å². The number of aryl methyl sites for hydroxylation is 1. The first-order valence-electron chi connectivity index (χ1n) is 8.55. The lowest BCUT2D eigenvalue weighted by atomic mass is 9.86. The summed E-state index contributed by atoms with van der Waals surface area (Å²) in [6.07, 6.45) is 0. The van der Waals surface area contributed by atoms with Crippen molar-refractivity contribution in [2.24, 2.45) is 0 Å². The number of H-pyrrole nitrogens is 1. The van der Waals surface area contributed by atoms with Gasteiger partial charge in [-0.15, -0.1) is 0 Å². The molecule has 120 valence electrons. The molecule has 0 radical (unpaired) electrons. The number of hydrogen-bond acceptors (Lipinski definition) is 0. The zero-order valence-corrected chi connectivity index (χ0v) is 14.8. The van der Waals surface area contributed by atoms with Crippen molar-refractivity contribution in [3.63, 3.8) is 0 Å².